The Labute approximate surface area is 65.9 Å². The summed E-state index contributed by atoms with van der Waals surface area (Å²) in [5.74, 6) is 0.538. The van der Waals surface area contributed by atoms with Gasteiger partial charge < -0.3 is 10.5 Å². The van der Waals surface area contributed by atoms with Crippen molar-refractivity contribution in [2.75, 3.05) is 7.11 Å². The first-order chi connectivity index (χ1) is 5.18. The number of nitrogens with two attached hydrogens (primary N) is 1. The van der Waals surface area contributed by atoms with Gasteiger partial charge in [-0.1, -0.05) is 0 Å². The maximum atomic E-state index is 11.2. The Morgan fingerprint density at radius 3 is 2.55 bits per heavy atom. The molecule has 2 bridgehead atoms. The average Bonchev–Trinajstić information content (AvgIpc) is 2.38. The van der Waals surface area contributed by atoms with Crippen LogP contribution in [0.3, 0.4) is 0 Å². The number of methoxy groups -OCH3 is 1. The minimum absolute atomic E-state index is 0.0540. The molecule has 0 amide bonds. The summed E-state index contributed by atoms with van der Waals surface area (Å²) in [4.78, 5) is 11.2. The van der Waals surface area contributed by atoms with Crippen LogP contribution in [0.25, 0.3) is 0 Å². The minimum Gasteiger partial charge on any atom is -0.469 e. The summed E-state index contributed by atoms with van der Waals surface area (Å²) in [5.41, 5.74) is 5.62. The molecule has 62 valence electrons. The summed E-state index contributed by atoms with van der Waals surface area (Å²) in [6.07, 6.45) is 2.76. The van der Waals surface area contributed by atoms with Gasteiger partial charge in [0.15, 0.2) is 0 Å². The van der Waals surface area contributed by atoms with E-state index in [0.717, 1.165) is 19.3 Å². The topological polar surface area (TPSA) is 52.3 Å². The molecular formula is C8H13NO2. The van der Waals surface area contributed by atoms with Gasteiger partial charge in [-0.2, -0.15) is 0 Å². The predicted molar refractivity (Wildman–Crippen MR) is 39.8 cm³/mol. The van der Waals surface area contributed by atoms with Gasteiger partial charge in [-0.05, 0) is 25.2 Å². The van der Waals surface area contributed by atoms with Crippen molar-refractivity contribution in [3.63, 3.8) is 0 Å². The fourth-order valence-corrected chi connectivity index (χ4v) is 2.50. The van der Waals surface area contributed by atoms with Crippen LogP contribution in [-0.4, -0.2) is 19.1 Å². The lowest BCUT2D eigenvalue weighted by atomic mass is 9.70. The number of rotatable bonds is 1. The Bertz CT molecular complexity index is 196. The van der Waals surface area contributed by atoms with Crippen molar-refractivity contribution in [2.24, 2.45) is 17.1 Å². The maximum Gasteiger partial charge on any atom is 0.311 e. The van der Waals surface area contributed by atoms with Crippen LogP contribution in [0.15, 0.2) is 0 Å². The Hall–Kier alpha value is -0.570. The van der Waals surface area contributed by atoms with Gasteiger partial charge in [0.2, 0.25) is 0 Å². The van der Waals surface area contributed by atoms with Crippen molar-refractivity contribution in [1.82, 2.24) is 0 Å². The highest BCUT2D eigenvalue weighted by Gasteiger charge is 2.59. The van der Waals surface area contributed by atoms with Crippen LogP contribution in [0.1, 0.15) is 19.3 Å². The summed E-state index contributed by atoms with van der Waals surface area (Å²) < 4.78 is 4.73. The molecule has 3 heteroatoms. The smallest absolute Gasteiger partial charge is 0.311 e. The van der Waals surface area contributed by atoms with E-state index in [4.69, 9.17) is 10.5 Å². The molecule has 1 atom stereocenters. The summed E-state index contributed by atoms with van der Waals surface area (Å²) in [6, 6.07) is 0.245. The molecule has 0 aromatic rings. The maximum absolute atomic E-state index is 11.2. The Kier molecular flexibility index (Phi) is 1.27. The zero-order valence-electron chi connectivity index (χ0n) is 6.67. The molecule has 0 radical (unpaired) electrons. The van der Waals surface area contributed by atoms with Crippen molar-refractivity contribution >= 4 is 5.97 Å². The third-order valence-electron chi connectivity index (χ3n) is 3.16. The number of carbonyl (C=O) groups is 1. The molecule has 1 unspecified atom stereocenters. The van der Waals surface area contributed by atoms with Gasteiger partial charge in [-0.3, -0.25) is 4.79 Å². The van der Waals surface area contributed by atoms with E-state index in [0.29, 0.717) is 5.92 Å². The number of esters is 1. The molecule has 3 aliphatic carbocycles. The standard InChI is InChI=1S/C8H13NO2/c1-11-7(10)8-2-5(3-8)6(9)4-8/h5-6H,2-4,9H2,1H3/t5-,6?,8-. The van der Waals surface area contributed by atoms with Crippen molar-refractivity contribution in [3.05, 3.63) is 0 Å². The zero-order chi connectivity index (χ0) is 8.06. The average molecular weight is 155 g/mol. The Balaban J connectivity index is 2.11. The largest absolute Gasteiger partial charge is 0.469 e. The number of fused-ring (bicyclic) bond motifs is 1. The number of ether oxygens (including phenoxy) is 1. The molecule has 3 aliphatic rings. The third-order valence-corrected chi connectivity index (χ3v) is 3.16. The van der Waals surface area contributed by atoms with E-state index in [1.165, 1.54) is 7.11 Å². The van der Waals surface area contributed by atoms with Crippen LogP contribution in [0.2, 0.25) is 0 Å². The molecular weight excluding hydrogens is 142 g/mol. The second kappa shape index (κ2) is 1.97. The van der Waals surface area contributed by atoms with Gasteiger partial charge in [0.25, 0.3) is 0 Å². The predicted octanol–water partition coefficient (Wildman–Crippen LogP) is 0.287. The highest BCUT2D eigenvalue weighted by Crippen LogP contribution is 2.58. The van der Waals surface area contributed by atoms with E-state index >= 15 is 0 Å². The highest BCUT2D eigenvalue weighted by atomic mass is 16.5. The van der Waals surface area contributed by atoms with E-state index in [9.17, 15) is 4.79 Å². The number of carbonyl (C=O) groups excluding carboxylic acids is 1. The SMILES string of the molecule is COC(=O)[C@]12CC(N)[C@H](C1)C2. The summed E-state index contributed by atoms with van der Waals surface area (Å²) >= 11 is 0. The van der Waals surface area contributed by atoms with Crippen LogP contribution in [-0.2, 0) is 9.53 Å². The van der Waals surface area contributed by atoms with Crippen molar-refractivity contribution in [2.45, 2.75) is 25.3 Å². The lowest BCUT2D eigenvalue weighted by Gasteiger charge is -2.35. The van der Waals surface area contributed by atoms with Crippen LogP contribution in [0.5, 0.6) is 0 Å². The third kappa shape index (κ3) is 0.745. The summed E-state index contributed by atoms with van der Waals surface area (Å²) in [5, 5.41) is 0. The number of hydrogen-bond acceptors (Lipinski definition) is 3. The normalized spacial score (nSPS) is 46.7. The molecule has 0 saturated heterocycles. The van der Waals surface area contributed by atoms with Gasteiger partial charge in [0.05, 0.1) is 12.5 Å². The van der Waals surface area contributed by atoms with Crippen LogP contribution >= 0.6 is 0 Å². The molecule has 3 fully saturated rings. The first-order valence-corrected chi connectivity index (χ1v) is 4.02. The molecule has 0 aromatic heterocycles. The van der Waals surface area contributed by atoms with Gasteiger partial charge in [0.1, 0.15) is 0 Å². The van der Waals surface area contributed by atoms with E-state index in [-0.39, 0.29) is 17.4 Å². The zero-order valence-corrected chi connectivity index (χ0v) is 6.67. The highest BCUT2D eigenvalue weighted by molar-refractivity contribution is 5.79. The first kappa shape index (κ1) is 7.10. The van der Waals surface area contributed by atoms with Gasteiger partial charge in [-0.15, -0.1) is 0 Å². The monoisotopic (exact) mass is 155 g/mol. The molecule has 0 aromatic carbocycles. The second-order valence-corrected chi connectivity index (χ2v) is 3.81. The Morgan fingerprint density at radius 2 is 2.18 bits per heavy atom. The molecule has 3 nitrogen and oxygen atoms in total. The fourth-order valence-electron chi connectivity index (χ4n) is 2.50. The summed E-state index contributed by atoms with van der Waals surface area (Å²) in [7, 11) is 1.45. The first-order valence-electron chi connectivity index (χ1n) is 4.02. The second-order valence-electron chi connectivity index (χ2n) is 3.81. The van der Waals surface area contributed by atoms with E-state index in [1.807, 2.05) is 0 Å². The molecule has 3 rings (SSSR count). The molecule has 3 saturated carbocycles. The van der Waals surface area contributed by atoms with Crippen LogP contribution < -0.4 is 5.73 Å². The van der Waals surface area contributed by atoms with Crippen molar-refractivity contribution in [3.8, 4) is 0 Å². The van der Waals surface area contributed by atoms with Crippen LogP contribution in [0.4, 0.5) is 0 Å². The minimum atomic E-state index is -0.168. The van der Waals surface area contributed by atoms with E-state index in [2.05, 4.69) is 0 Å². The lowest BCUT2D eigenvalue weighted by Crippen LogP contribution is -2.37. The lowest BCUT2D eigenvalue weighted by molar-refractivity contribution is -0.157. The van der Waals surface area contributed by atoms with E-state index < -0.39 is 0 Å². The van der Waals surface area contributed by atoms with Gasteiger partial charge in [-0.25, -0.2) is 0 Å². The number of hydrogen-bond donors (Lipinski definition) is 1. The van der Waals surface area contributed by atoms with Crippen molar-refractivity contribution in [1.29, 1.82) is 0 Å². The van der Waals surface area contributed by atoms with Crippen molar-refractivity contribution < 1.29 is 9.53 Å². The van der Waals surface area contributed by atoms with Crippen LogP contribution in [0, 0.1) is 11.3 Å². The molecule has 0 spiro atoms. The molecule has 2 N–H and O–H groups in total. The van der Waals surface area contributed by atoms with E-state index in [1.54, 1.807) is 0 Å². The Morgan fingerprint density at radius 1 is 1.55 bits per heavy atom. The molecule has 0 heterocycles. The van der Waals surface area contributed by atoms with Gasteiger partial charge >= 0.3 is 5.97 Å². The summed E-state index contributed by atoms with van der Waals surface area (Å²) in [6.45, 7) is 0. The molecule has 0 aliphatic heterocycles. The molecule has 11 heavy (non-hydrogen) atoms. The van der Waals surface area contributed by atoms with Gasteiger partial charge in [0, 0.05) is 6.04 Å². The quantitative estimate of drug-likeness (QED) is 0.553. The fraction of sp³-hybridized carbons (Fsp3) is 0.875.